The zero-order valence-electron chi connectivity index (χ0n) is 15.2. The van der Waals surface area contributed by atoms with Crippen LogP contribution in [0.15, 0.2) is 24.3 Å². The van der Waals surface area contributed by atoms with Gasteiger partial charge in [-0.2, -0.15) is 0 Å². The summed E-state index contributed by atoms with van der Waals surface area (Å²) in [5.41, 5.74) is 1.21. The molecule has 2 heterocycles. The number of benzene rings is 1. The third-order valence-electron chi connectivity index (χ3n) is 5.35. The molecule has 0 aromatic heterocycles. The van der Waals surface area contributed by atoms with Crippen molar-refractivity contribution in [3.05, 3.63) is 29.8 Å². The Bertz CT molecular complexity index is 514. The first kappa shape index (κ1) is 17.7. The summed E-state index contributed by atoms with van der Waals surface area (Å²) in [6.07, 6.45) is 3.51. The average molecular weight is 332 g/mol. The number of hydrogen-bond acceptors (Lipinski definition) is 4. The lowest BCUT2D eigenvalue weighted by atomic mass is 10.0. The van der Waals surface area contributed by atoms with Crippen LogP contribution in [-0.2, 0) is 0 Å². The zero-order chi connectivity index (χ0) is 16.9. The van der Waals surface area contributed by atoms with Gasteiger partial charge in [-0.25, -0.2) is 0 Å². The number of nitrogens with zero attached hydrogens (tertiary/aromatic N) is 2. The highest BCUT2D eigenvalue weighted by atomic mass is 16.5. The highest BCUT2D eigenvalue weighted by Gasteiger charge is 2.30. The summed E-state index contributed by atoms with van der Waals surface area (Å²) in [5, 5.41) is 10.4. The predicted molar refractivity (Wildman–Crippen MR) is 97.7 cm³/mol. The molecule has 0 saturated carbocycles. The van der Waals surface area contributed by atoms with Gasteiger partial charge in [0.25, 0.3) is 0 Å². The Morgan fingerprint density at radius 1 is 1.17 bits per heavy atom. The first-order valence-electron chi connectivity index (χ1n) is 9.49. The van der Waals surface area contributed by atoms with Crippen molar-refractivity contribution in [2.24, 2.45) is 0 Å². The Kier molecular flexibility index (Phi) is 6.14. The third kappa shape index (κ3) is 4.50. The summed E-state index contributed by atoms with van der Waals surface area (Å²) in [5.74, 6) is 1.33. The molecule has 4 nitrogen and oxygen atoms in total. The molecule has 4 heteroatoms. The Labute approximate surface area is 146 Å². The molecule has 0 bridgehead atoms. The average Bonchev–Trinajstić information content (AvgIpc) is 3.24. The number of aliphatic hydroxyl groups excluding tert-OH is 1. The van der Waals surface area contributed by atoms with Crippen LogP contribution in [0.2, 0.25) is 0 Å². The Morgan fingerprint density at radius 2 is 1.92 bits per heavy atom. The van der Waals surface area contributed by atoms with E-state index in [1.165, 1.54) is 37.9 Å². The quantitative estimate of drug-likeness (QED) is 0.833. The van der Waals surface area contributed by atoms with Gasteiger partial charge in [-0.1, -0.05) is 32.0 Å². The maximum atomic E-state index is 10.4. The second-order valence-corrected chi connectivity index (χ2v) is 7.60. The van der Waals surface area contributed by atoms with Gasteiger partial charge < -0.3 is 9.84 Å². The van der Waals surface area contributed by atoms with Crippen LogP contribution in [0.5, 0.6) is 5.75 Å². The minimum Gasteiger partial charge on any atom is -0.491 e. The van der Waals surface area contributed by atoms with Crippen molar-refractivity contribution in [3.8, 4) is 5.75 Å². The van der Waals surface area contributed by atoms with E-state index in [4.69, 9.17) is 4.74 Å². The first-order chi connectivity index (χ1) is 11.6. The van der Waals surface area contributed by atoms with Gasteiger partial charge >= 0.3 is 0 Å². The van der Waals surface area contributed by atoms with E-state index in [1.54, 1.807) is 0 Å². The molecule has 2 unspecified atom stereocenters. The summed E-state index contributed by atoms with van der Waals surface area (Å²) in [4.78, 5) is 5.02. The molecule has 0 radical (unpaired) electrons. The van der Waals surface area contributed by atoms with Gasteiger partial charge in [-0.3, -0.25) is 9.80 Å². The smallest absolute Gasteiger partial charge is 0.122 e. The highest BCUT2D eigenvalue weighted by Crippen LogP contribution is 2.26. The van der Waals surface area contributed by atoms with Gasteiger partial charge in [0.1, 0.15) is 18.5 Å². The number of likely N-dealkylation sites (tertiary alicyclic amines) is 2. The zero-order valence-corrected chi connectivity index (χ0v) is 15.2. The van der Waals surface area contributed by atoms with E-state index in [0.717, 1.165) is 18.8 Å². The molecule has 2 saturated heterocycles. The van der Waals surface area contributed by atoms with Crippen LogP contribution in [0.3, 0.4) is 0 Å². The van der Waals surface area contributed by atoms with Crippen LogP contribution in [-0.4, -0.2) is 66.4 Å². The van der Waals surface area contributed by atoms with Gasteiger partial charge in [0, 0.05) is 19.1 Å². The molecule has 24 heavy (non-hydrogen) atoms. The van der Waals surface area contributed by atoms with Crippen LogP contribution < -0.4 is 4.74 Å². The second kappa shape index (κ2) is 8.32. The van der Waals surface area contributed by atoms with Gasteiger partial charge in [0.15, 0.2) is 0 Å². The van der Waals surface area contributed by atoms with E-state index in [1.807, 2.05) is 18.2 Å². The number of ether oxygens (including phenoxy) is 1. The molecule has 2 aliphatic rings. The van der Waals surface area contributed by atoms with Crippen molar-refractivity contribution in [1.82, 2.24) is 9.80 Å². The van der Waals surface area contributed by atoms with Crippen molar-refractivity contribution < 1.29 is 9.84 Å². The van der Waals surface area contributed by atoms with Gasteiger partial charge in [-0.05, 0) is 56.4 Å². The Morgan fingerprint density at radius 3 is 2.67 bits per heavy atom. The third-order valence-corrected chi connectivity index (χ3v) is 5.35. The fourth-order valence-electron chi connectivity index (χ4n) is 4.01. The van der Waals surface area contributed by atoms with E-state index in [9.17, 15) is 5.11 Å². The topological polar surface area (TPSA) is 35.9 Å². The molecule has 0 spiro atoms. The number of para-hydroxylation sites is 1. The normalized spacial score (nSPS) is 23.9. The van der Waals surface area contributed by atoms with Crippen molar-refractivity contribution in [2.45, 2.75) is 51.2 Å². The van der Waals surface area contributed by atoms with Crippen LogP contribution in [0, 0.1) is 0 Å². The molecular formula is C20H32N2O2. The van der Waals surface area contributed by atoms with Crippen LogP contribution in [0.25, 0.3) is 0 Å². The second-order valence-electron chi connectivity index (χ2n) is 7.60. The van der Waals surface area contributed by atoms with E-state index >= 15 is 0 Å². The fraction of sp³-hybridized carbons (Fsp3) is 0.700. The lowest BCUT2D eigenvalue weighted by Crippen LogP contribution is -2.38. The SMILES string of the molecule is CC(C)c1ccccc1OCC(O)CN1CCC(N2CCCC2)C1. The molecule has 1 aromatic carbocycles. The molecule has 0 aliphatic carbocycles. The van der Waals surface area contributed by atoms with Crippen molar-refractivity contribution in [2.75, 3.05) is 39.3 Å². The maximum absolute atomic E-state index is 10.4. The molecule has 2 aliphatic heterocycles. The fourth-order valence-corrected chi connectivity index (χ4v) is 4.01. The molecule has 1 aromatic rings. The number of hydrogen-bond donors (Lipinski definition) is 1. The van der Waals surface area contributed by atoms with Crippen molar-refractivity contribution >= 4 is 0 Å². The summed E-state index contributed by atoms with van der Waals surface area (Å²) < 4.78 is 5.91. The Hall–Kier alpha value is -1.10. The van der Waals surface area contributed by atoms with Gasteiger partial charge in [0.05, 0.1) is 0 Å². The molecule has 2 atom stereocenters. The van der Waals surface area contributed by atoms with Crippen molar-refractivity contribution in [1.29, 1.82) is 0 Å². The summed E-state index contributed by atoms with van der Waals surface area (Å²) in [7, 11) is 0. The molecule has 2 fully saturated rings. The first-order valence-corrected chi connectivity index (χ1v) is 9.49. The van der Waals surface area contributed by atoms with Crippen molar-refractivity contribution in [3.63, 3.8) is 0 Å². The summed E-state index contributed by atoms with van der Waals surface area (Å²) in [6.45, 7) is 10.1. The Balaban J connectivity index is 1.44. The number of aliphatic hydroxyl groups is 1. The lowest BCUT2D eigenvalue weighted by molar-refractivity contribution is 0.0728. The summed E-state index contributed by atoms with van der Waals surface area (Å²) in [6, 6.07) is 8.84. The van der Waals surface area contributed by atoms with E-state index in [2.05, 4.69) is 29.7 Å². The molecule has 0 amide bonds. The largest absolute Gasteiger partial charge is 0.491 e. The molecular weight excluding hydrogens is 300 g/mol. The summed E-state index contributed by atoms with van der Waals surface area (Å²) >= 11 is 0. The minimum atomic E-state index is -0.428. The van der Waals surface area contributed by atoms with E-state index in [-0.39, 0.29) is 0 Å². The monoisotopic (exact) mass is 332 g/mol. The number of rotatable bonds is 7. The van der Waals surface area contributed by atoms with Gasteiger partial charge in [0.2, 0.25) is 0 Å². The van der Waals surface area contributed by atoms with E-state index in [0.29, 0.717) is 25.1 Å². The van der Waals surface area contributed by atoms with E-state index < -0.39 is 6.10 Å². The van der Waals surface area contributed by atoms with Crippen LogP contribution in [0.4, 0.5) is 0 Å². The molecule has 3 rings (SSSR count). The van der Waals surface area contributed by atoms with Crippen LogP contribution in [0.1, 0.15) is 44.6 Å². The molecule has 134 valence electrons. The van der Waals surface area contributed by atoms with Gasteiger partial charge in [-0.15, -0.1) is 0 Å². The minimum absolute atomic E-state index is 0.370. The number of β-amino-alcohol motifs (C(OH)–C–C–N with tert-alkyl or cyclic N) is 1. The standard InChI is InChI=1S/C20H32N2O2/c1-16(2)19-7-3-4-8-20(19)24-15-18(23)14-21-12-9-17(13-21)22-10-5-6-11-22/h3-4,7-8,16-18,23H,5-6,9-15H2,1-2H3. The lowest BCUT2D eigenvalue weighted by Gasteiger charge is -2.25. The van der Waals surface area contributed by atoms with Crippen LogP contribution >= 0.6 is 0 Å². The highest BCUT2D eigenvalue weighted by molar-refractivity contribution is 5.35. The maximum Gasteiger partial charge on any atom is 0.122 e. The molecule has 1 N–H and O–H groups in total. The predicted octanol–water partition coefficient (Wildman–Crippen LogP) is 2.72.